The van der Waals surface area contributed by atoms with Gasteiger partial charge in [-0.25, -0.2) is 4.98 Å². The summed E-state index contributed by atoms with van der Waals surface area (Å²) in [7, 11) is 0. The van der Waals surface area contributed by atoms with Crippen molar-refractivity contribution in [2.24, 2.45) is 0 Å². The zero-order valence-electron chi connectivity index (χ0n) is 9.73. The highest BCUT2D eigenvalue weighted by Crippen LogP contribution is 2.34. The molecule has 3 rings (SSSR count). The highest BCUT2D eigenvalue weighted by molar-refractivity contribution is 6.32. The Kier molecular flexibility index (Phi) is 2.87. The van der Waals surface area contributed by atoms with E-state index in [1.165, 1.54) is 6.20 Å². The lowest BCUT2D eigenvalue weighted by Crippen LogP contribution is -2.41. The Balaban J connectivity index is 1.73. The van der Waals surface area contributed by atoms with E-state index in [0.29, 0.717) is 17.4 Å². The summed E-state index contributed by atoms with van der Waals surface area (Å²) in [4.78, 5) is 16.0. The number of aromatic nitrogens is 1. The molecule has 1 aromatic heterocycles. The van der Waals surface area contributed by atoms with E-state index in [9.17, 15) is 4.79 Å². The summed E-state index contributed by atoms with van der Waals surface area (Å²) >= 11 is 5.90. The molecule has 0 spiro atoms. The Hall–Kier alpha value is -1.33. The third-order valence-electron chi connectivity index (χ3n) is 3.53. The van der Waals surface area contributed by atoms with Gasteiger partial charge >= 0.3 is 0 Å². The summed E-state index contributed by atoms with van der Waals surface area (Å²) in [5, 5.41) is 3.12. The van der Waals surface area contributed by atoms with E-state index < -0.39 is 0 Å². The van der Waals surface area contributed by atoms with E-state index in [4.69, 9.17) is 22.1 Å². The maximum absolute atomic E-state index is 12.1. The zero-order valence-corrected chi connectivity index (χ0v) is 10.5. The molecule has 96 valence electrons. The van der Waals surface area contributed by atoms with Gasteiger partial charge in [-0.15, -0.1) is 0 Å². The quantitative estimate of drug-likeness (QED) is 0.794. The van der Waals surface area contributed by atoms with Gasteiger partial charge in [0.1, 0.15) is 5.15 Å². The van der Waals surface area contributed by atoms with Crippen LogP contribution in [0.25, 0.3) is 0 Å². The summed E-state index contributed by atoms with van der Waals surface area (Å²) in [6, 6.07) is 1.62. The molecule has 1 amide bonds. The Morgan fingerprint density at radius 3 is 3.06 bits per heavy atom. The van der Waals surface area contributed by atoms with Crippen molar-refractivity contribution in [2.45, 2.75) is 37.5 Å². The summed E-state index contributed by atoms with van der Waals surface area (Å²) in [5.41, 5.74) is 6.35. The minimum absolute atomic E-state index is 0.0775. The first-order chi connectivity index (χ1) is 8.63. The Bertz CT molecular complexity index is 494. The van der Waals surface area contributed by atoms with E-state index in [1.807, 2.05) is 0 Å². The molecule has 2 aliphatic rings. The lowest BCUT2D eigenvalue weighted by molar-refractivity contribution is 0.0841. The number of rotatable bonds is 2. The Morgan fingerprint density at radius 1 is 1.56 bits per heavy atom. The first kappa shape index (κ1) is 11.7. The van der Waals surface area contributed by atoms with Gasteiger partial charge in [-0.05, 0) is 25.3 Å². The fourth-order valence-electron chi connectivity index (χ4n) is 2.66. The number of pyridine rings is 1. The number of halogens is 1. The molecule has 3 unspecified atom stereocenters. The van der Waals surface area contributed by atoms with Crippen molar-refractivity contribution >= 4 is 23.2 Å². The molecule has 3 heterocycles. The molecule has 0 aliphatic carbocycles. The van der Waals surface area contributed by atoms with Crippen molar-refractivity contribution < 1.29 is 9.53 Å². The van der Waals surface area contributed by atoms with Crippen LogP contribution in [0, 0.1) is 0 Å². The molecule has 0 saturated carbocycles. The van der Waals surface area contributed by atoms with E-state index in [1.54, 1.807) is 6.07 Å². The SMILES string of the molecule is Nc1cnc(Cl)c(C(=O)NC2CC3CCC2O3)c1. The van der Waals surface area contributed by atoms with E-state index in [-0.39, 0.29) is 23.2 Å². The number of nitrogens with one attached hydrogen (secondary N) is 1. The number of hydrogen-bond donors (Lipinski definition) is 2. The molecule has 5 nitrogen and oxygen atoms in total. The number of carbonyl (C=O) groups excluding carboxylic acids is 1. The molecule has 18 heavy (non-hydrogen) atoms. The van der Waals surface area contributed by atoms with Crippen LogP contribution in [0.3, 0.4) is 0 Å². The van der Waals surface area contributed by atoms with E-state index in [2.05, 4.69) is 10.3 Å². The number of nitrogens with two attached hydrogens (primary N) is 1. The van der Waals surface area contributed by atoms with Crippen LogP contribution in [0.5, 0.6) is 0 Å². The number of fused-ring (bicyclic) bond motifs is 2. The van der Waals surface area contributed by atoms with Crippen molar-refractivity contribution in [1.29, 1.82) is 0 Å². The number of nitrogen functional groups attached to an aromatic ring is 1. The average Bonchev–Trinajstić information content (AvgIpc) is 2.94. The van der Waals surface area contributed by atoms with Crippen LogP contribution in [0.15, 0.2) is 12.3 Å². The van der Waals surface area contributed by atoms with E-state index >= 15 is 0 Å². The van der Waals surface area contributed by atoms with Crippen LogP contribution in [0.2, 0.25) is 5.15 Å². The van der Waals surface area contributed by atoms with Crippen LogP contribution in [0.4, 0.5) is 5.69 Å². The van der Waals surface area contributed by atoms with Gasteiger partial charge in [-0.3, -0.25) is 4.79 Å². The topological polar surface area (TPSA) is 77.2 Å². The van der Waals surface area contributed by atoms with Crippen molar-refractivity contribution in [3.63, 3.8) is 0 Å². The molecular formula is C12H14ClN3O2. The monoisotopic (exact) mass is 267 g/mol. The van der Waals surface area contributed by atoms with Gasteiger partial charge in [0.15, 0.2) is 0 Å². The average molecular weight is 268 g/mol. The fraction of sp³-hybridized carbons (Fsp3) is 0.500. The molecule has 2 saturated heterocycles. The smallest absolute Gasteiger partial charge is 0.254 e. The molecule has 3 atom stereocenters. The maximum Gasteiger partial charge on any atom is 0.254 e. The summed E-state index contributed by atoms with van der Waals surface area (Å²) in [5.74, 6) is -0.235. The first-order valence-corrected chi connectivity index (χ1v) is 6.38. The van der Waals surface area contributed by atoms with E-state index in [0.717, 1.165) is 19.3 Å². The third-order valence-corrected chi connectivity index (χ3v) is 3.83. The Labute approximate surface area is 110 Å². The number of carbonyl (C=O) groups is 1. The number of hydrogen-bond acceptors (Lipinski definition) is 4. The highest BCUT2D eigenvalue weighted by atomic mass is 35.5. The second-order valence-corrected chi connectivity index (χ2v) is 5.15. The van der Waals surface area contributed by atoms with Crippen molar-refractivity contribution in [3.05, 3.63) is 23.0 Å². The van der Waals surface area contributed by atoms with Gasteiger partial charge in [0.05, 0.1) is 35.7 Å². The molecule has 2 fully saturated rings. The van der Waals surface area contributed by atoms with Crippen molar-refractivity contribution in [3.8, 4) is 0 Å². The summed E-state index contributed by atoms with van der Waals surface area (Å²) in [6.45, 7) is 0. The predicted molar refractivity (Wildman–Crippen MR) is 67.4 cm³/mol. The molecule has 6 heteroatoms. The molecule has 2 aliphatic heterocycles. The van der Waals surface area contributed by atoms with Crippen LogP contribution >= 0.6 is 11.6 Å². The van der Waals surface area contributed by atoms with Gasteiger partial charge in [0, 0.05) is 0 Å². The number of ether oxygens (including phenoxy) is 1. The minimum Gasteiger partial charge on any atom is -0.397 e. The van der Waals surface area contributed by atoms with Crippen LogP contribution in [-0.2, 0) is 4.74 Å². The summed E-state index contributed by atoms with van der Waals surface area (Å²) in [6.07, 6.45) is 4.86. The second-order valence-electron chi connectivity index (χ2n) is 4.80. The fourth-order valence-corrected chi connectivity index (χ4v) is 2.85. The highest BCUT2D eigenvalue weighted by Gasteiger charge is 2.41. The third kappa shape index (κ3) is 2.04. The van der Waals surface area contributed by atoms with Gasteiger partial charge in [-0.1, -0.05) is 11.6 Å². The van der Waals surface area contributed by atoms with Gasteiger partial charge < -0.3 is 15.8 Å². The maximum atomic E-state index is 12.1. The number of amides is 1. The number of nitrogens with zero attached hydrogens (tertiary/aromatic N) is 1. The van der Waals surface area contributed by atoms with Crippen LogP contribution in [-0.4, -0.2) is 29.1 Å². The van der Waals surface area contributed by atoms with Crippen LogP contribution in [0.1, 0.15) is 29.6 Å². The molecule has 2 bridgehead atoms. The van der Waals surface area contributed by atoms with Gasteiger partial charge in [0.2, 0.25) is 0 Å². The zero-order chi connectivity index (χ0) is 12.7. The molecular weight excluding hydrogens is 254 g/mol. The largest absolute Gasteiger partial charge is 0.397 e. The van der Waals surface area contributed by atoms with Gasteiger partial charge in [-0.2, -0.15) is 0 Å². The number of anilines is 1. The minimum atomic E-state index is -0.235. The standard InChI is InChI=1S/C12H14ClN3O2/c13-11-8(3-6(14)5-15-11)12(17)16-9-4-7-1-2-10(9)18-7/h3,5,7,9-10H,1-2,4,14H2,(H,16,17). The van der Waals surface area contributed by atoms with Crippen molar-refractivity contribution in [1.82, 2.24) is 10.3 Å². The first-order valence-electron chi connectivity index (χ1n) is 6.01. The normalized spacial score (nSPS) is 29.5. The molecule has 1 aromatic rings. The Morgan fingerprint density at radius 2 is 2.39 bits per heavy atom. The molecule has 3 N–H and O–H groups in total. The molecule has 0 aromatic carbocycles. The lowest BCUT2D eigenvalue weighted by Gasteiger charge is -2.20. The summed E-state index contributed by atoms with van der Waals surface area (Å²) < 4.78 is 5.69. The van der Waals surface area contributed by atoms with Crippen molar-refractivity contribution in [2.75, 3.05) is 5.73 Å². The van der Waals surface area contributed by atoms with Crippen LogP contribution < -0.4 is 11.1 Å². The second kappa shape index (κ2) is 4.40. The lowest BCUT2D eigenvalue weighted by atomic mass is 9.95. The molecule has 0 radical (unpaired) electrons. The predicted octanol–water partition coefficient (Wildman–Crippen LogP) is 1.37. The van der Waals surface area contributed by atoms with Gasteiger partial charge in [0.25, 0.3) is 5.91 Å².